The number of furan rings is 1. The molecule has 7 nitrogen and oxygen atoms in total. The maximum Gasteiger partial charge on any atom is 0.287 e. The molecular formula is C12H12N4O3S. The lowest BCUT2D eigenvalue weighted by atomic mass is 10.4. The van der Waals surface area contributed by atoms with Crippen molar-refractivity contribution in [2.45, 2.75) is 18.8 Å². The molecule has 20 heavy (non-hydrogen) atoms. The zero-order chi connectivity index (χ0) is 13.9. The number of nitrogens with zero attached hydrogens (tertiary/aromatic N) is 2. The number of hydrogen-bond acceptors (Lipinski definition) is 6. The second-order valence-corrected chi connectivity index (χ2v) is 5.44. The van der Waals surface area contributed by atoms with Gasteiger partial charge < -0.3 is 9.73 Å². The molecule has 0 atom stereocenters. The summed E-state index contributed by atoms with van der Waals surface area (Å²) in [7, 11) is 0. The summed E-state index contributed by atoms with van der Waals surface area (Å²) in [5, 5.41) is 14.4. The Hall–Kier alpha value is -2.22. The van der Waals surface area contributed by atoms with Crippen molar-refractivity contribution in [2.75, 3.05) is 11.9 Å². The van der Waals surface area contributed by atoms with E-state index in [1.807, 2.05) is 0 Å². The van der Waals surface area contributed by atoms with Gasteiger partial charge in [0.05, 0.1) is 12.8 Å². The summed E-state index contributed by atoms with van der Waals surface area (Å²) in [4.78, 5) is 23.2. The Morgan fingerprint density at radius 3 is 2.95 bits per heavy atom. The summed E-state index contributed by atoms with van der Waals surface area (Å²) in [6, 6.07) is 3.13. The normalized spacial score (nSPS) is 14.0. The fourth-order valence-electron chi connectivity index (χ4n) is 1.60. The molecule has 0 saturated heterocycles. The van der Waals surface area contributed by atoms with E-state index >= 15 is 0 Å². The topological polar surface area (TPSA) is 97.1 Å². The highest BCUT2D eigenvalue weighted by Gasteiger charge is 2.27. The standard InChI is InChI=1S/C12H12N4O3S/c17-9(6-13-10(18)8-2-1-5-19-8)14-12-16-15-11(20-12)7-3-4-7/h1-2,5,7H,3-4,6H2,(H,13,18)(H,14,16,17). The van der Waals surface area contributed by atoms with E-state index in [0.717, 1.165) is 17.8 Å². The van der Waals surface area contributed by atoms with E-state index in [1.54, 1.807) is 6.07 Å². The maximum absolute atomic E-state index is 11.7. The van der Waals surface area contributed by atoms with Gasteiger partial charge in [-0.2, -0.15) is 0 Å². The summed E-state index contributed by atoms with van der Waals surface area (Å²) < 4.78 is 4.92. The number of hydrogen-bond donors (Lipinski definition) is 2. The van der Waals surface area contributed by atoms with Gasteiger partial charge in [-0.05, 0) is 25.0 Å². The molecule has 1 aliphatic rings. The minimum atomic E-state index is -0.430. The van der Waals surface area contributed by atoms with Crippen molar-refractivity contribution >= 4 is 28.3 Å². The van der Waals surface area contributed by atoms with Crippen molar-refractivity contribution in [1.82, 2.24) is 15.5 Å². The van der Waals surface area contributed by atoms with Crippen LogP contribution in [0.2, 0.25) is 0 Å². The first-order valence-corrected chi connectivity index (χ1v) is 6.99. The van der Waals surface area contributed by atoms with Crippen LogP contribution in [0.1, 0.15) is 34.3 Å². The minimum absolute atomic E-state index is 0.141. The first kappa shape index (κ1) is 12.8. The Kier molecular flexibility index (Phi) is 3.46. The van der Waals surface area contributed by atoms with E-state index < -0.39 is 5.91 Å². The quantitative estimate of drug-likeness (QED) is 0.867. The number of aromatic nitrogens is 2. The highest BCUT2D eigenvalue weighted by atomic mass is 32.1. The van der Waals surface area contributed by atoms with Crippen molar-refractivity contribution in [1.29, 1.82) is 0 Å². The van der Waals surface area contributed by atoms with Gasteiger partial charge in [-0.15, -0.1) is 10.2 Å². The van der Waals surface area contributed by atoms with Crippen LogP contribution in [0.4, 0.5) is 5.13 Å². The SMILES string of the molecule is O=C(CNC(=O)c1ccco1)Nc1nnc(C2CC2)s1. The predicted octanol–water partition coefficient (Wildman–Crippen LogP) is 1.38. The zero-order valence-corrected chi connectivity index (χ0v) is 11.3. The highest BCUT2D eigenvalue weighted by molar-refractivity contribution is 7.15. The van der Waals surface area contributed by atoms with Crippen LogP contribution >= 0.6 is 11.3 Å². The van der Waals surface area contributed by atoms with Crippen molar-refractivity contribution in [3.8, 4) is 0 Å². The molecule has 1 fully saturated rings. The molecule has 0 spiro atoms. The molecule has 0 aliphatic heterocycles. The fraction of sp³-hybridized carbons (Fsp3) is 0.333. The van der Waals surface area contributed by atoms with E-state index in [9.17, 15) is 9.59 Å². The Bertz CT molecular complexity index is 618. The third-order valence-electron chi connectivity index (χ3n) is 2.77. The maximum atomic E-state index is 11.7. The van der Waals surface area contributed by atoms with Crippen LogP contribution < -0.4 is 10.6 Å². The van der Waals surface area contributed by atoms with Crippen LogP contribution in [0.3, 0.4) is 0 Å². The molecule has 8 heteroatoms. The van der Waals surface area contributed by atoms with Crippen molar-refractivity contribution in [2.24, 2.45) is 0 Å². The number of carbonyl (C=O) groups is 2. The van der Waals surface area contributed by atoms with E-state index in [-0.39, 0.29) is 18.2 Å². The molecule has 2 heterocycles. The monoisotopic (exact) mass is 292 g/mol. The van der Waals surface area contributed by atoms with Gasteiger partial charge in [-0.1, -0.05) is 11.3 Å². The smallest absolute Gasteiger partial charge is 0.287 e. The number of nitrogens with one attached hydrogen (secondary N) is 2. The van der Waals surface area contributed by atoms with E-state index in [1.165, 1.54) is 23.7 Å². The molecule has 3 rings (SSSR count). The molecule has 0 radical (unpaired) electrons. The molecule has 2 amide bonds. The number of carbonyl (C=O) groups excluding carboxylic acids is 2. The van der Waals surface area contributed by atoms with E-state index in [0.29, 0.717) is 11.0 Å². The molecule has 104 valence electrons. The second kappa shape index (κ2) is 5.41. The van der Waals surface area contributed by atoms with Crippen molar-refractivity contribution in [3.63, 3.8) is 0 Å². The Morgan fingerprint density at radius 2 is 2.25 bits per heavy atom. The number of rotatable bonds is 5. The summed E-state index contributed by atoms with van der Waals surface area (Å²) in [6.07, 6.45) is 3.68. The molecule has 0 bridgehead atoms. The molecule has 0 aromatic carbocycles. The van der Waals surface area contributed by atoms with Gasteiger partial charge in [0.25, 0.3) is 5.91 Å². The van der Waals surface area contributed by atoms with Gasteiger partial charge in [0.2, 0.25) is 11.0 Å². The number of anilines is 1. The summed E-state index contributed by atoms with van der Waals surface area (Å²) >= 11 is 1.38. The first-order valence-electron chi connectivity index (χ1n) is 6.17. The molecule has 2 aromatic rings. The van der Waals surface area contributed by atoms with Crippen LogP contribution in [0, 0.1) is 0 Å². The lowest BCUT2D eigenvalue weighted by molar-refractivity contribution is -0.115. The van der Waals surface area contributed by atoms with Crippen molar-refractivity contribution < 1.29 is 14.0 Å². The van der Waals surface area contributed by atoms with Gasteiger partial charge >= 0.3 is 0 Å². The fourth-order valence-corrected chi connectivity index (χ4v) is 2.53. The minimum Gasteiger partial charge on any atom is -0.459 e. The zero-order valence-electron chi connectivity index (χ0n) is 10.5. The molecule has 1 aliphatic carbocycles. The molecule has 0 unspecified atom stereocenters. The Morgan fingerprint density at radius 1 is 1.40 bits per heavy atom. The Labute approximate surface area is 118 Å². The Balaban J connectivity index is 1.48. The third kappa shape index (κ3) is 3.02. The summed E-state index contributed by atoms with van der Waals surface area (Å²) in [6.45, 7) is -0.141. The summed E-state index contributed by atoms with van der Waals surface area (Å²) in [5.74, 6) is -0.0916. The molecule has 2 aromatic heterocycles. The van der Waals surface area contributed by atoms with Crippen LogP contribution in [0.15, 0.2) is 22.8 Å². The molecule has 1 saturated carbocycles. The largest absolute Gasteiger partial charge is 0.459 e. The average Bonchev–Trinajstić information content (AvgIpc) is 2.96. The lowest BCUT2D eigenvalue weighted by Gasteiger charge is -2.02. The number of amides is 2. The second-order valence-electron chi connectivity index (χ2n) is 4.43. The highest BCUT2D eigenvalue weighted by Crippen LogP contribution is 2.41. The molecule has 2 N–H and O–H groups in total. The van der Waals surface area contributed by atoms with Crippen LogP contribution in [-0.2, 0) is 4.79 Å². The average molecular weight is 292 g/mol. The van der Waals surface area contributed by atoms with E-state index in [4.69, 9.17) is 4.42 Å². The van der Waals surface area contributed by atoms with Crippen LogP contribution in [0.5, 0.6) is 0 Å². The van der Waals surface area contributed by atoms with Gasteiger partial charge in [-0.3, -0.25) is 14.9 Å². The van der Waals surface area contributed by atoms with Gasteiger partial charge in [0.1, 0.15) is 5.01 Å². The third-order valence-corrected chi connectivity index (χ3v) is 3.77. The van der Waals surface area contributed by atoms with E-state index in [2.05, 4.69) is 20.8 Å². The van der Waals surface area contributed by atoms with Crippen LogP contribution in [0.25, 0.3) is 0 Å². The lowest BCUT2D eigenvalue weighted by Crippen LogP contribution is -2.32. The van der Waals surface area contributed by atoms with Gasteiger partial charge in [0, 0.05) is 5.92 Å². The van der Waals surface area contributed by atoms with Gasteiger partial charge in [-0.25, -0.2) is 0 Å². The summed E-state index contributed by atoms with van der Waals surface area (Å²) in [5.41, 5.74) is 0. The predicted molar refractivity (Wildman–Crippen MR) is 71.6 cm³/mol. The van der Waals surface area contributed by atoms with Crippen molar-refractivity contribution in [3.05, 3.63) is 29.2 Å². The first-order chi connectivity index (χ1) is 9.72. The molecular weight excluding hydrogens is 280 g/mol. The van der Waals surface area contributed by atoms with Crippen LogP contribution in [-0.4, -0.2) is 28.6 Å². The van der Waals surface area contributed by atoms with Gasteiger partial charge in [0.15, 0.2) is 5.76 Å².